The van der Waals surface area contributed by atoms with E-state index in [0.29, 0.717) is 5.92 Å². The highest BCUT2D eigenvalue weighted by Crippen LogP contribution is 1.93. The summed E-state index contributed by atoms with van der Waals surface area (Å²) in [6.07, 6.45) is 1.45. The number of carbonyl (C=O) groups is 1. The first-order chi connectivity index (χ1) is 5.04. The molecule has 0 bridgehead atoms. The lowest BCUT2D eigenvalue weighted by molar-refractivity contribution is 0.249. The van der Waals surface area contributed by atoms with Gasteiger partial charge in [0, 0.05) is 12.3 Å². The summed E-state index contributed by atoms with van der Waals surface area (Å²) >= 11 is 0. The van der Waals surface area contributed by atoms with Crippen LogP contribution in [-0.4, -0.2) is 18.3 Å². The van der Waals surface area contributed by atoms with E-state index in [9.17, 15) is 4.79 Å². The van der Waals surface area contributed by atoms with Gasteiger partial charge in [0.05, 0.1) is 0 Å². The molecule has 5 nitrogen and oxygen atoms in total. The molecular weight excluding hydrogens is 144 g/mol. The van der Waals surface area contributed by atoms with E-state index in [4.69, 9.17) is 11.5 Å². The summed E-state index contributed by atoms with van der Waals surface area (Å²) in [6.45, 7) is 3.92. The monoisotopic (exact) mass is 158 g/mol. The first-order valence-electron chi connectivity index (χ1n) is 3.38. The Kier molecular flexibility index (Phi) is 4.21. The molecule has 0 aromatic rings. The lowest BCUT2D eigenvalue weighted by Crippen LogP contribution is -2.31. The zero-order chi connectivity index (χ0) is 8.85. The van der Waals surface area contributed by atoms with Crippen molar-refractivity contribution in [2.24, 2.45) is 22.5 Å². The van der Waals surface area contributed by atoms with Crippen molar-refractivity contribution < 1.29 is 4.79 Å². The molecule has 11 heavy (non-hydrogen) atoms. The first kappa shape index (κ1) is 9.90. The maximum absolute atomic E-state index is 10.1. The Morgan fingerprint density at radius 3 is 2.55 bits per heavy atom. The number of primary amides is 1. The summed E-state index contributed by atoms with van der Waals surface area (Å²) in [5.74, 6) is 0.299. The molecule has 1 atom stereocenters. The largest absolute Gasteiger partial charge is 0.350 e. The minimum Gasteiger partial charge on any atom is -0.350 e. The van der Waals surface area contributed by atoms with E-state index in [-0.39, 0.29) is 6.04 Å². The molecule has 0 rings (SSSR count). The van der Waals surface area contributed by atoms with E-state index >= 15 is 0 Å². The number of hydrazone groups is 1. The smallest absolute Gasteiger partial charge is 0.332 e. The Balaban J connectivity index is 3.65. The van der Waals surface area contributed by atoms with Gasteiger partial charge >= 0.3 is 6.03 Å². The molecule has 5 N–H and O–H groups in total. The SMILES string of the molecule is CC(C)C(N)/C=N/NC(N)=O. The minimum atomic E-state index is -0.683. The fourth-order valence-electron chi connectivity index (χ4n) is 0.359. The molecule has 0 aromatic carbocycles. The average molecular weight is 158 g/mol. The molecule has 0 aliphatic heterocycles. The van der Waals surface area contributed by atoms with Gasteiger partial charge in [-0.05, 0) is 5.92 Å². The van der Waals surface area contributed by atoms with Crippen LogP contribution >= 0.6 is 0 Å². The molecular formula is C6H14N4O. The summed E-state index contributed by atoms with van der Waals surface area (Å²) in [5.41, 5.74) is 12.4. The summed E-state index contributed by atoms with van der Waals surface area (Å²) in [6, 6.07) is -0.834. The third-order valence-electron chi connectivity index (χ3n) is 1.19. The van der Waals surface area contributed by atoms with E-state index in [1.165, 1.54) is 6.21 Å². The quantitative estimate of drug-likeness (QED) is 0.386. The van der Waals surface area contributed by atoms with Crippen LogP contribution in [0.5, 0.6) is 0 Å². The molecule has 0 saturated heterocycles. The van der Waals surface area contributed by atoms with Crippen molar-refractivity contribution in [3.63, 3.8) is 0 Å². The van der Waals surface area contributed by atoms with Crippen molar-refractivity contribution in [1.29, 1.82) is 0 Å². The number of rotatable bonds is 3. The number of hydrogen-bond donors (Lipinski definition) is 3. The third-order valence-corrected chi connectivity index (χ3v) is 1.19. The fourth-order valence-corrected chi connectivity index (χ4v) is 0.359. The molecule has 0 heterocycles. The van der Waals surface area contributed by atoms with Gasteiger partial charge in [-0.25, -0.2) is 10.2 Å². The van der Waals surface area contributed by atoms with Gasteiger partial charge < -0.3 is 11.5 Å². The van der Waals surface area contributed by atoms with Crippen molar-refractivity contribution >= 4 is 12.2 Å². The second kappa shape index (κ2) is 4.68. The van der Waals surface area contributed by atoms with Crippen LogP contribution in [0.2, 0.25) is 0 Å². The predicted molar refractivity (Wildman–Crippen MR) is 44.0 cm³/mol. The van der Waals surface area contributed by atoms with E-state index in [0.717, 1.165) is 0 Å². The molecule has 0 aromatic heterocycles. The van der Waals surface area contributed by atoms with Gasteiger partial charge in [-0.2, -0.15) is 5.10 Å². The first-order valence-corrected chi connectivity index (χ1v) is 3.38. The van der Waals surface area contributed by atoms with Gasteiger partial charge in [-0.1, -0.05) is 13.8 Å². The number of carbonyl (C=O) groups excluding carboxylic acids is 1. The average Bonchev–Trinajstić information content (AvgIpc) is 1.86. The molecule has 0 spiro atoms. The zero-order valence-electron chi connectivity index (χ0n) is 6.74. The Labute approximate surface area is 65.8 Å². The van der Waals surface area contributed by atoms with Gasteiger partial charge in [0.1, 0.15) is 0 Å². The van der Waals surface area contributed by atoms with Crippen LogP contribution in [0.25, 0.3) is 0 Å². The maximum Gasteiger partial charge on any atom is 0.332 e. The number of nitrogens with two attached hydrogens (primary N) is 2. The minimum absolute atomic E-state index is 0.151. The molecule has 64 valence electrons. The highest BCUT2D eigenvalue weighted by molar-refractivity contribution is 5.73. The van der Waals surface area contributed by atoms with Crippen molar-refractivity contribution in [3.8, 4) is 0 Å². The van der Waals surface area contributed by atoms with E-state index in [2.05, 4.69) is 10.5 Å². The topological polar surface area (TPSA) is 93.5 Å². The van der Waals surface area contributed by atoms with Crippen LogP contribution in [0.3, 0.4) is 0 Å². The fraction of sp³-hybridized carbons (Fsp3) is 0.667. The summed E-state index contributed by atoms with van der Waals surface area (Å²) in [7, 11) is 0. The molecule has 0 saturated carbocycles. The Hall–Kier alpha value is -1.10. The highest BCUT2D eigenvalue weighted by atomic mass is 16.2. The lowest BCUT2D eigenvalue weighted by Gasteiger charge is -2.08. The van der Waals surface area contributed by atoms with Crippen LogP contribution < -0.4 is 16.9 Å². The zero-order valence-corrected chi connectivity index (χ0v) is 6.74. The maximum atomic E-state index is 10.1. The summed E-state index contributed by atoms with van der Waals surface area (Å²) < 4.78 is 0. The summed E-state index contributed by atoms with van der Waals surface area (Å²) in [4.78, 5) is 10.1. The van der Waals surface area contributed by atoms with E-state index in [1.54, 1.807) is 0 Å². The molecule has 0 fully saturated rings. The van der Waals surface area contributed by atoms with E-state index < -0.39 is 6.03 Å². The van der Waals surface area contributed by atoms with Crippen LogP contribution in [0.1, 0.15) is 13.8 Å². The normalized spacial score (nSPS) is 13.8. The second-order valence-corrected chi connectivity index (χ2v) is 2.58. The highest BCUT2D eigenvalue weighted by Gasteiger charge is 2.02. The van der Waals surface area contributed by atoms with Gasteiger partial charge in [-0.15, -0.1) is 0 Å². The predicted octanol–water partition coefficient (Wildman–Crippen LogP) is -0.376. The molecule has 1 unspecified atom stereocenters. The Bertz CT molecular complexity index is 155. The van der Waals surface area contributed by atoms with Crippen molar-refractivity contribution in [2.45, 2.75) is 19.9 Å². The van der Waals surface area contributed by atoms with Crippen LogP contribution in [0, 0.1) is 5.92 Å². The lowest BCUT2D eigenvalue weighted by atomic mass is 10.1. The summed E-state index contributed by atoms with van der Waals surface area (Å²) in [5, 5.41) is 3.52. The van der Waals surface area contributed by atoms with Crippen molar-refractivity contribution in [1.82, 2.24) is 5.43 Å². The van der Waals surface area contributed by atoms with Crippen LogP contribution in [0.15, 0.2) is 5.10 Å². The van der Waals surface area contributed by atoms with Crippen LogP contribution in [0.4, 0.5) is 4.79 Å². The Morgan fingerprint density at radius 2 is 2.18 bits per heavy atom. The standard InChI is InChI=1S/C6H14N4O/c1-4(2)5(7)3-9-10-6(8)11/h3-5H,7H2,1-2H3,(H3,8,10,11)/b9-3+. The van der Waals surface area contributed by atoms with Gasteiger partial charge in [-0.3, -0.25) is 0 Å². The second-order valence-electron chi connectivity index (χ2n) is 2.58. The Morgan fingerprint density at radius 1 is 1.64 bits per heavy atom. The molecule has 5 heteroatoms. The van der Waals surface area contributed by atoms with Crippen molar-refractivity contribution in [2.75, 3.05) is 0 Å². The molecule has 0 aliphatic rings. The van der Waals surface area contributed by atoms with Gasteiger partial charge in [0.25, 0.3) is 0 Å². The number of nitrogens with one attached hydrogen (secondary N) is 1. The van der Waals surface area contributed by atoms with Crippen molar-refractivity contribution in [3.05, 3.63) is 0 Å². The number of amides is 2. The third kappa shape index (κ3) is 5.35. The molecule has 2 amide bonds. The molecule has 0 radical (unpaired) electrons. The number of hydrogen-bond acceptors (Lipinski definition) is 3. The number of nitrogens with zero attached hydrogens (tertiary/aromatic N) is 1. The van der Waals surface area contributed by atoms with Crippen LogP contribution in [-0.2, 0) is 0 Å². The van der Waals surface area contributed by atoms with Gasteiger partial charge in [0.15, 0.2) is 0 Å². The number of urea groups is 1. The van der Waals surface area contributed by atoms with Gasteiger partial charge in [0.2, 0.25) is 0 Å². The molecule has 0 aliphatic carbocycles. The van der Waals surface area contributed by atoms with E-state index in [1.807, 2.05) is 13.8 Å².